The normalized spacial score (nSPS) is 20.4. The van der Waals surface area contributed by atoms with E-state index >= 15 is 0 Å². The lowest BCUT2D eigenvalue weighted by molar-refractivity contribution is -0.154. The van der Waals surface area contributed by atoms with Crippen molar-refractivity contribution in [3.63, 3.8) is 0 Å². The summed E-state index contributed by atoms with van der Waals surface area (Å²) in [7, 11) is 1.83. The number of rotatable bonds is 8. The number of aryl methyl sites for hydroxylation is 1. The van der Waals surface area contributed by atoms with Gasteiger partial charge < -0.3 is 19.1 Å². The lowest BCUT2D eigenvalue weighted by Crippen LogP contribution is -2.35. The molecule has 2 fully saturated rings. The van der Waals surface area contributed by atoms with E-state index in [1.807, 2.05) is 52.1 Å². The third-order valence-corrected chi connectivity index (χ3v) is 8.02. The number of carbonyl (C=O) groups is 2. The number of aromatic nitrogens is 1. The van der Waals surface area contributed by atoms with Crippen molar-refractivity contribution in [1.29, 1.82) is 0 Å². The zero-order valence-electron chi connectivity index (χ0n) is 21.8. The fourth-order valence-corrected chi connectivity index (χ4v) is 5.85. The molecule has 1 aromatic heterocycles. The Balaban J connectivity index is 1.35. The molecular formula is C28H38N2O5S. The summed E-state index contributed by atoms with van der Waals surface area (Å²) in [5.74, 6) is 0.566. The van der Waals surface area contributed by atoms with Crippen LogP contribution in [0.25, 0.3) is 11.3 Å². The quantitative estimate of drug-likeness (QED) is 0.373. The summed E-state index contributed by atoms with van der Waals surface area (Å²) in [5.41, 5.74) is 2.75. The minimum atomic E-state index is -0.273. The highest BCUT2D eigenvalue weighted by molar-refractivity contribution is 7.06. The van der Waals surface area contributed by atoms with Gasteiger partial charge in [0.2, 0.25) is 0 Å². The van der Waals surface area contributed by atoms with Gasteiger partial charge >= 0.3 is 12.1 Å². The molecular weight excluding hydrogens is 476 g/mol. The van der Waals surface area contributed by atoms with Crippen molar-refractivity contribution < 1.29 is 23.8 Å². The van der Waals surface area contributed by atoms with E-state index < -0.39 is 0 Å². The number of amides is 1. The van der Waals surface area contributed by atoms with Crippen LogP contribution in [0.4, 0.5) is 4.79 Å². The minimum absolute atomic E-state index is 0.00246. The third kappa shape index (κ3) is 6.58. The molecule has 1 amide bonds. The van der Waals surface area contributed by atoms with E-state index in [0.29, 0.717) is 6.42 Å². The topological polar surface area (TPSA) is 78.0 Å². The van der Waals surface area contributed by atoms with Crippen LogP contribution >= 0.6 is 11.5 Å². The third-order valence-electron chi connectivity index (χ3n) is 7.23. The molecule has 4 rings (SSSR count). The van der Waals surface area contributed by atoms with Gasteiger partial charge in [0.15, 0.2) is 0 Å². The molecule has 36 heavy (non-hydrogen) atoms. The van der Waals surface area contributed by atoms with Gasteiger partial charge in [-0.15, -0.1) is 0 Å². The molecule has 1 aromatic carbocycles. The zero-order valence-corrected chi connectivity index (χ0v) is 22.6. The Labute approximate surface area is 218 Å². The maximum Gasteiger partial charge on any atom is 0.410 e. The highest BCUT2D eigenvalue weighted by Crippen LogP contribution is 2.33. The lowest BCUT2D eigenvalue weighted by atomic mass is 9.87. The van der Waals surface area contributed by atoms with Gasteiger partial charge in [-0.05, 0) is 95.1 Å². The maximum atomic E-state index is 12.6. The van der Waals surface area contributed by atoms with Crippen LogP contribution < -0.4 is 4.74 Å². The monoisotopic (exact) mass is 514 g/mol. The molecule has 8 heteroatoms. The molecule has 0 radical (unpaired) electrons. The van der Waals surface area contributed by atoms with Crippen LogP contribution in [0, 0.1) is 12.8 Å². The number of hydrogen-bond donors (Lipinski definition) is 0. The van der Waals surface area contributed by atoms with E-state index in [1.165, 1.54) is 24.4 Å². The van der Waals surface area contributed by atoms with Gasteiger partial charge in [0.25, 0.3) is 0 Å². The van der Waals surface area contributed by atoms with Crippen molar-refractivity contribution in [2.75, 3.05) is 7.05 Å². The van der Waals surface area contributed by atoms with Crippen LogP contribution in [0.3, 0.4) is 0 Å². The summed E-state index contributed by atoms with van der Waals surface area (Å²) in [6.45, 7) is 5.98. The summed E-state index contributed by atoms with van der Waals surface area (Å²) < 4.78 is 21.9. The Morgan fingerprint density at radius 1 is 1.08 bits per heavy atom. The van der Waals surface area contributed by atoms with Crippen LogP contribution in [0.5, 0.6) is 5.75 Å². The molecule has 0 aliphatic heterocycles. The second-order valence-electron chi connectivity index (χ2n) is 10.3. The van der Waals surface area contributed by atoms with Crippen LogP contribution in [0.2, 0.25) is 0 Å². The van der Waals surface area contributed by atoms with Crippen LogP contribution in [-0.4, -0.2) is 46.6 Å². The van der Waals surface area contributed by atoms with Crippen molar-refractivity contribution in [3.05, 3.63) is 34.7 Å². The fraction of sp³-hybridized carbons (Fsp3) is 0.607. The molecule has 0 saturated heterocycles. The Hall–Kier alpha value is -2.61. The van der Waals surface area contributed by atoms with Gasteiger partial charge in [-0.3, -0.25) is 4.79 Å². The number of hydrogen-bond acceptors (Lipinski definition) is 7. The molecule has 7 nitrogen and oxygen atoms in total. The Morgan fingerprint density at radius 2 is 1.81 bits per heavy atom. The highest BCUT2D eigenvalue weighted by Gasteiger charge is 2.30. The van der Waals surface area contributed by atoms with Gasteiger partial charge in [0, 0.05) is 29.1 Å². The molecule has 0 N–H and O–H groups in total. The molecule has 2 saturated carbocycles. The Morgan fingerprint density at radius 3 is 2.50 bits per heavy atom. The molecule has 0 unspecified atom stereocenters. The van der Waals surface area contributed by atoms with E-state index in [1.54, 1.807) is 4.90 Å². The molecule has 2 atom stereocenters. The van der Waals surface area contributed by atoms with E-state index in [9.17, 15) is 9.59 Å². The number of nitrogens with zero attached hydrogens (tertiary/aromatic N) is 2. The van der Waals surface area contributed by atoms with Gasteiger partial charge in [0.1, 0.15) is 12.4 Å². The highest BCUT2D eigenvalue weighted by atomic mass is 32.1. The van der Waals surface area contributed by atoms with Gasteiger partial charge in [-0.1, -0.05) is 12.8 Å². The molecule has 196 valence electrons. The zero-order chi connectivity index (χ0) is 25.7. The molecule has 2 aliphatic carbocycles. The summed E-state index contributed by atoms with van der Waals surface area (Å²) >= 11 is 1.42. The second kappa shape index (κ2) is 12.1. The van der Waals surface area contributed by atoms with Gasteiger partial charge in [0.05, 0.1) is 23.8 Å². The molecule has 0 spiro atoms. The molecule has 0 bridgehead atoms. The minimum Gasteiger partial charge on any atom is -0.490 e. The van der Waals surface area contributed by atoms with Crippen molar-refractivity contribution in [2.24, 2.45) is 5.92 Å². The van der Waals surface area contributed by atoms with Crippen molar-refractivity contribution in [1.82, 2.24) is 9.27 Å². The maximum absolute atomic E-state index is 12.6. The SMILES string of the molecule is Cc1snc(-c2ccc(O[C@H]3CCC[C@H](C(=O)OC(C)C)C3)cc2)c1COC(=O)N(C)C1CCCC1. The predicted octanol–water partition coefficient (Wildman–Crippen LogP) is 6.52. The smallest absolute Gasteiger partial charge is 0.410 e. The first kappa shape index (κ1) is 26.5. The van der Waals surface area contributed by atoms with Crippen molar-refractivity contribution in [3.8, 4) is 17.0 Å². The number of ether oxygens (including phenoxy) is 3. The first-order valence-corrected chi connectivity index (χ1v) is 13.9. The Kier molecular flexibility index (Phi) is 8.88. The fourth-order valence-electron chi connectivity index (χ4n) is 5.14. The van der Waals surface area contributed by atoms with Gasteiger partial charge in [-0.2, -0.15) is 4.37 Å². The second-order valence-corrected chi connectivity index (χ2v) is 11.3. The average molecular weight is 515 g/mol. The predicted molar refractivity (Wildman–Crippen MR) is 140 cm³/mol. The first-order valence-electron chi connectivity index (χ1n) is 13.1. The molecule has 2 aromatic rings. The van der Waals surface area contributed by atoms with Crippen LogP contribution in [0.15, 0.2) is 24.3 Å². The summed E-state index contributed by atoms with van der Waals surface area (Å²) in [5, 5.41) is 0. The van der Waals surface area contributed by atoms with E-state index in [0.717, 1.165) is 59.6 Å². The number of esters is 1. The summed E-state index contributed by atoms with van der Waals surface area (Å²) in [6.07, 6.45) is 7.51. The van der Waals surface area contributed by atoms with Crippen LogP contribution in [0.1, 0.15) is 75.7 Å². The first-order chi connectivity index (χ1) is 17.3. The number of benzene rings is 1. The van der Waals surface area contributed by atoms with Crippen molar-refractivity contribution >= 4 is 23.6 Å². The standard InChI is InChI=1S/C28H38N2O5S/c1-18(2)34-27(31)21-8-7-11-24(16-21)35-23-14-12-20(13-15-23)26-25(19(3)36-29-26)17-33-28(32)30(4)22-9-5-6-10-22/h12-15,18,21-22,24H,5-11,16-17H2,1-4H3/t21-,24-/m0/s1. The van der Waals surface area contributed by atoms with E-state index in [-0.39, 0.29) is 42.8 Å². The summed E-state index contributed by atoms with van der Waals surface area (Å²) in [4.78, 5) is 27.7. The largest absolute Gasteiger partial charge is 0.490 e. The van der Waals surface area contributed by atoms with Gasteiger partial charge in [-0.25, -0.2) is 4.79 Å². The van der Waals surface area contributed by atoms with Crippen LogP contribution in [-0.2, 0) is 20.9 Å². The van der Waals surface area contributed by atoms with Crippen molar-refractivity contribution in [2.45, 2.75) is 97.0 Å². The lowest BCUT2D eigenvalue weighted by Gasteiger charge is -2.29. The summed E-state index contributed by atoms with van der Waals surface area (Å²) in [6, 6.07) is 8.17. The molecule has 2 aliphatic rings. The number of carbonyl (C=O) groups excluding carboxylic acids is 2. The Bertz CT molecular complexity index is 1030. The molecule has 1 heterocycles. The average Bonchev–Trinajstić information content (AvgIpc) is 3.52. The van der Waals surface area contributed by atoms with E-state index in [2.05, 4.69) is 4.37 Å². The van der Waals surface area contributed by atoms with E-state index in [4.69, 9.17) is 14.2 Å².